The van der Waals surface area contributed by atoms with Gasteiger partial charge in [0.25, 0.3) is 0 Å². The van der Waals surface area contributed by atoms with Crippen LogP contribution in [0.4, 0.5) is 0 Å². The molecule has 0 aliphatic rings. The maximum absolute atomic E-state index is 3.16. The van der Waals surface area contributed by atoms with Gasteiger partial charge in [0.15, 0.2) is 0 Å². The van der Waals surface area contributed by atoms with Gasteiger partial charge in [0.05, 0.1) is 0 Å². The first kappa shape index (κ1) is 9.02. The van der Waals surface area contributed by atoms with Crippen molar-refractivity contribution < 1.29 is 0 Å². The Balaban J connectivity index is 3.32. The van der Waals surface area contributed by atoms with E-state index in [9.17, 15) is 0 Å². The average molecular weight is 126 g/mol. The van der Waals surface area contributed by atoms with Gasteiger partial charge in [-0.25, -0.2) is 0 Å². The van der Waals surface area contributed by atoms with E-state index in [1.165, 1.54) is 0 Å². The van der Waals surface area contributed by atoms with Gasteiger partial charge in [0.1, 0.15) is 7.28 Å². The summed E-state index contributed by atoms with van der Waals surface area (Å²) in [5.41, 5.74) is 0. The molecular weight excluding hydrogens is 109 g/mol. The van der Waals surface area contributed by atoms with Crippen LogP contribution in [0.25, 0.3) is 0 Å². The second kappa shape index (κ2) is 4.86. The van der Waals surface area contributed by atoms with Crippen LogP contribution in [0.5, 0.6) is 0 Å². The second-order valence-corrected chi connectivity index (χ2v) is 2.73. The summed E-state index contributed by atoms with van der Waals surface area (Å²) >= 11 is 0. The summed E-state index contributed by atoms with van der Waals surface area (Å²) in [7, 11) is 4.25. The molecule has 0 heterocycles. The molecule has 2 heteroatoms. The molecule has 0 bridgehead atoms. The molecule has 0 aromatic heterocycles. The van der Waals surface area contributed by atoms with Crippen molar-refractivity contribution >= 4 is 7.28 Å². The van der Waals surface area contributed by atoms with Crippen LogP contribution < -0.4 is 5.32 Å². The van der Waals surface area contributed by atoms with E-state index in [2.05, 4.69) is 33.3 Å². The molecule has 2 atom stereocenters. The lowest BCUT2D eigenvalue weighted by atomic mass is 9.63. The topological polar surface area (TPSA) is 12.0 Å². The van der Waals surface area contributed by atoms with Crippen LogP contribution in [0.15, 0.2) is 0 Å². The van der Waals surface area contributed by atoms with Crippen molar-refractivity contribution in [3.8, 4) is 0 Å². The predicted octanol–water partition coefficient (Wildman–Crippen LogP) is 1.40. The maximum Gasteiger partial charge on any atom is 0.110 e. The Morgan fingerprint density at radius 2 is 2.00 bits per heavy atom. The Morgan fingerprint density at radius 3 is 2.33 bits per heavy atom. The summed E-state index contributed by atoms with van der Waals surface area (Å²) in [4.78, 5) is 0. The van der Waals surface area contributed by atoms with Crippen molar-refractivity contribution in [1.82, 2.24) is 5.32 Å². The molecule has 0 spiro atoms. The normalized spacial score (nSPS) is 16.9. The highest BCUT2D eigenvalue weighted by Gasteiger charge is 2.08. The third-order valence-corrected chi connectivity index (χ3v) is 1.95. The van der Waals surface area contributed by atoms with E-state index in [1.807, 2.05) is 7.05 Å². The minimum atomic E-state index is 0.734. The van der Waals surface area contributed by atoms with Crippen LogP contribution in [-0.2, 0) is 0 Å². The monoisotopic (exact) mass is 126 g/mol. The van der Waals surface area contributed by atoms with Gasteiger partial charge < -0.3 is 5.32 Å². The van der Waals surface area contributed by atoms with Crippen LogP contribution in [-0.4, -0.2) is 20.9 Å². The first-order valence-electron chi connectivity index (χ1n) is 3.66. The summed E-state index contributed by atoms with van der Waals surface area (Å²) in [5, 5.41) is 3.16. The molecule has 1 radical (unpaired) electrons. The molecule has 1 nitrogen and oxygen atoms in total. The first-order valence-corrected chi connectivity index (χ1v) is 3.66. The van der Waals surface area contributed by atoms with Crippen molar-refractivity contribution in [1.29, 1.82) is 0 Å². The lowest BCUT2D eigenvalue weighted by molar-refractivity contribution is 0.525. The van der Waals surface area contributed by atoms with Gasteiger partial charge in [0, 0.05) is 0 Å². The molecule has 0 aliphatic carbocycles. The SMILES string of the molecule is C[B][C@H](C)C(C)CNC. The van der Waals surface area contributed by atoms with Crippen LogP contribution in [0.1, 0.15) is 13.8 Å². The van der Waals surface area contributed by atoms with Crippen molar-refractivity contribution in [3.63, 3.8) is 0 Å². The molecule has 9 heavy (non-hydrogen) atoms. The number of nitrogens with one attached hydrogen (secondary N) is 1. The zero-order valence-corrected chi connectivity index (χ0v) is 6.94. The zero-order valence-electron chi connectivity index (χ0n) is 6.94. The molecule has 0 aromatic carbocycles. The maximum atomic E-state index is 3.16. The molecule has 0 aliphatic heterocycles. The van der Waals surface area contributed by atoms with Gasteiger partial charge in [-0.2, -0.15) is 0 Å². The van der Waals surface area contributed by atoms with E-state index in [-0.39, 0.29) is 0 Å². The molecule has 1 N–H and O–H groups in total. The van der Waals surface area contributed by atoms with Crippen molar-refractivity contribution in [3.05, 3.63) is 0 Å². The standard InChI is InChI=1S/C7H17BN/c1-6(5-9-4)7(2)8-3/h6-7,9H,5H2,1-4H3/t6?,7-/m1/s1. The predicted molar refractivity (Wildman–Crippen MR) is 44.1 cm³/mol. The van der Waals surface area contributed by atoms with Crippen molar-refractivity contribution in [2.45, 2.75) is 26.5 Å². The van der Waals surface area contributed by atoms with Gasteiger partial charge in [-0.1, -0.05) is 26.5 Å². The first-order chi connectivity index (χ1) is 4.22. The van der Waals surface area contributed by atoms with Crippen LogP contribution >= 0.6 is 0 Å². The van der Waals surface area contributed by atoms with E-state index in [1.54, 1.807) is 0 Å². The largest absolute Gasteiger partial charge is 0.320 e. The third kappa shape index (κ3) is 3.58. The Bertz CT molecular complexity index is 65.9. The van der Waals surface area contributed by atoms with Gasteiger partial charge in [0.2, 0.25) is 0 Å². The van der Waals surface area contributed by atoms with Crippen LogP contribution in [0.2, 0.25) is 12.6 Å². The fraction of sp³-hybridized carbons (Fsp3) is 1.00. The molecule has 1 unspecified atom stereocenters. The molecule has 0 saturated carbocycles. The summed E-state index contributed by atoms with van der Waals surface area (Å²) in [6.45, 7) is 7.76. The van der Waals surface area contributed by atoms with Crippen LogP contribution in [0, 0.1) is 5.92 Å². The minimum absolute atomic E-state index is 0.734. The minimum Gasteiger partial charge on any atom is -0.320 e. The summed E-state index contributed by atoms with van der Waals surface area (Å²) in [6.07, 6.45) is 0. The molecule has 53 valence electrons. The Kier molecular flexibility index (Phi) is 4.88. The molecule has 0 aromatic rings. The lowest BCUT2D eigenvalue weighted by Gasteiger charge is -2.16. The van der Waals surface area contributed by atoms with E-state index < -0.39 is 0 Å². The summed E-state index contributed by atoms with van der Waals surface area (Å²) in [6, 6.07) is 0. The fourth-order valence-electron chi connectivity index (χ4n) is 0.836. The van der Waals surface area contributed by atoms with Gasteiger partial charge in [-0.05, 0) is 19.5 Å². The van der Waals surface area contributed by atoms with E-state index in [4.69, 9.17) is 0 Å². The zero-order chi connectivity index (χ0) is 7.28. The number of hydrogen-bond acceptors (Lipinski definition) is 1. The molecule has 0 rings (SSSR count). The second-order valence-electron chi connectivity index (χ2n) is 2.73. The van der Waals surface area contributed by atoms with Crippen LogP contribution in [0.3, 0.4) is 0 Å². The average Bonchev–Trinajstić information content (AvgIpc) is 1.87. The van der Waals surface area contributed by atoms with E-state index in [0.29, 0.717) is 0 Å². The molecular formula is C7H17BN. The molecule has 0 amide bonds. The summed E-state index contributed by atoms with van der Waals surface area (Å²) < 4.78 is 0. The van der Waals surface area contributed by atoms with E-state index >= 15 is 0 Å². The molecule has 0 fully saturated rings. The summed E-state index contributed by atoms with van der Waals surface area (Å²) in [5.74, 6) is 1.50. The van der Waals surface area contributed by atoms with E-state index in [0.717, 1.165) is 18.3 Å². The third-order valence-electron chi connectivity index (χ3n) is 1.95. The number of hydrogen-bond donors (Lipinski definition) is 1. The highest BCUT2D eigenvalue weighted by atomic mass is 14.8. The lowest BCUT2D eigenvalue weighted by Crippen LogP contribution is -2.20. The van der Waals surface area contributed by atoms with Crippen molar-refractivity contribution in [2.75, 3.05) is 13.6 Å². The van der Waals surface area contributed by atoms with Gasteiger partial charge in [-0.15, -0.1) is 0 Å². The molecule has 0 saturated heterocycles. The fourth-order valence-corrected chi connectivity index (χ4v) is 0.836. The Hall–Kier alpha value is 0.0249. The van der Waals surface area contributed by atoms with Crippen molar-refractivity contribution in [2.24, 2.45) is 5.92 Å². The van der Waals surface area contributed by atoms with Gasteiger partial charge in [-0.3, -0.25) is 0 Å². The van der Waals surface area contributed by atoms with Gasteiger partial charge >= 0.3 is 0 Å². The quantitative estimate of drug-likeness (QED) is 0.561. The Labute approximate surface area is 59.5 Å². The highest BCUT2D eigenvalue weighted by molar-refractivity contribution is 6.35. The smallest absolute Gasteiger partial charge is 0.110 e. The number of rotatable bonds is 4. The highest BCUT2D eigenvalue weighted by Crippen LogP contribution is 2.13. The Morgan fingerprint density at radius 1 is 1.44 bits per heavy atom.